The number of piperidine rings is 1. The molecule has 2 rings (SSSR count). The fourth-order valence-electron chi connectivity index (χ4n) is 3.04. The van der Waals surface area contributed by atoms with Crippen molar-refractivity contribution in [3.8, 4) is 0 Å². The highest BCUT2D eigenvalue weighted by Gasteiger charge is 2.34. The molecular formula is C16H22BrNO4S. The van der Waals surface area contributed by atoms with Crippen molar-refractivity contribution in [1.82, 2.24) is 4.31 Å². The highest BCUT2D eigenvalue weighted by Crippen LogP contribution is 2.31. The van der Waals surface area contributed by atoms with Crippen LogP contribution in [-0.2, 0) is 10.0 Å². The number of benzene rings is 1. The Kier molecular flexibility index (Phi) is 5.86. The Bertz CT molecular complexity index is 677. The largest absolute Gasteiger partial charge is 0.478 e. The van der Waals surface area contributed by atoms with E-state index in [1.54, 1.807) is 0 Å². The lowest BCUT2D eigenvalue weighted by atomic mass is 9.87. The molecule has 1 fully saturated rings. The van der Waals surface area contributed by atoms with Crippen LogP contribution in [0.15, 0.2) is 27.6 Å². The van der Waals surface area contributed by atoms with Gasteiger partial charge in [-0.05, 0) is 52.4 Å². The van der Waals surface area contributed by atoms with Gasteiger partial charge in [-0.25, -0.2) is 13.2 Å². The third kappa shape index (κ3) is 3.95. The van der Waals surface area contributed by atoms with Gasteiger partial charge in [-0.15, -0.1) is 0 Å². The molecule has 128 valence electrons. The first-order chi connectivity index (χ1) is 10.8. The van der Waals surface area contributed by atoms with E-state index >= 15 is 0 Å². The van der Waals surface area contributed by atoms with Crippen molar-refractivity contribution in [3.05, 3.63) is 28.2 Å². The van der Waals surface area contributed by atoms with Crippen molar-refractivity contribution in [2.75, 3.05) is 13.1 Å². The number of hydrogen-bond acceptors (Lipinski definition) is 3. The van der Waals surface area contributed by atoms with Gasteiger partial charge in [0.15, 0.2) is 0 Å². The average Bonchev–Trinajstić information content (AvgIpc) is 2.54. The fraction of sp³-hybridized carbons (Fsp3) is 0.562. The molecule has 0 aliphatic carbocycles. The van der Waals surface area contributed by atoms with E-state index in [1.807, 2.05) is 0 Å². The second kappa shape index (κ2) is 7.32. The third-order valence-corrected chi connectivity index (χ3v) is 7.07. The molecule has 2 atom stereocenters. The van der Waals surface area contributed by atoms with Crippen LogP contribution < -0.4 is 0 Å². The molecule has 1 heterocycles. The van der Waals surface area contributed by atoms with Crippen molar-refractivity contribution < 1.29 is 18.3 Å². The molecule has 5 nitrogen and oxygen atoms in total. The summed E-state index contributed by atoms with van der Waals surface area (Å²) in [6.07, 6.45) is 2.95. The Hall–Kier alpha value is -0.920. The maximum atomic E-state index is 12.9. The van der Waals surface area contributed by atoms with Gasteiger partial charge in [-0.1, -0.05) is 26.7 Å². The monoisotopic (exact) mass is 403 g/mol. The van der Waals surface area contributed by atoms with Gasteiger partial charge in [-0.3, -0.25) is 0 Å². The van der Waals surface area contributed by atoms with E-state index in [1.165, 1.54) is 22.5 Å². The maximum Gasteiger partial charge on any atom is 0.336 e. The summed E-state index contributed by atoms with van der Waals surface area (Å²) in [6, 6.07) is 4.18. The Morgan fingerprint density at radius 1 is 1.26 bits per heavy atom. The zero-order chi connectivity index (χ0) is 17.2. The number of rotatable bonds is 5. The lowest BCUT2D eigenvalue weighted by molar-refractivity contribution is 0.0695. The number of carbonyl (C=O) groups is 1. The van der Waals surface area contributed by atoms with Crippen LogP contribution in [0.5, 0.6) is 0 Å². The summed E-state index contributed by atoms with van der Waals surface area (Å²) in [5.74, 6) is -0.429. The van der Waals surface area contributed by atoms with Crippen LogP contribution in [0.25, 0.3) is 0 Å². The minimum Gasteiger partial charge on any atom is -0.478 e. The van der Waals surface area contributed by atoms with Crippen LogP contribution in [-0.4, -0.2) is 36.9 Å². The lowest BCUT2D eigenvalue weighted by Gasteiger charge is -2.36. The highest BCUT2D eigenvalue weighted by molar-refractivity contribution is 9.10. The first-order valence-electron chi connectivity index (χ1n) is 7.82. The molecule has 0 radical (unpaired) electrons. The van der Waals surface area contributed by atoms with Gasteiger partial charge in [0, 0.05) is 17.6 Å². The number of aromatic carboxylic acids is 1. The average molecular weight is 404 g/mol. The van der Waals surface area contributed by atoms with Crippen molar-refractivity contribution >= 4 is 31.9 Å². The zero-order valence-electron chi connectivity index (χ0n) is 13.3. The van der Waals surface area contributed by atoms with E-state index in [0.717, 1.165) is 19.3 Å². The van der Waals surface area contributed by atoms with Gasteiger partial charge in [0.2, 0.25) is 10.0 Å². The SMILES string of the molecule is CCC1CC(CC)CN(S(=O)(=O)c2ccc(Br)c(C(=O)O)c2)C1. The number of carboxylic acids is 1. The summed E-state index contributed by atoms with van der Waals surface area (Å²) in [5, 5.41) is 9.19. The van der Waals surface area contributed by atoms with Crippen LogP contribution in [0, 0.1) is 11.8 Å². The fourth-order valence-corrected chi connectivity index (χ4v) is 5.07. The Balaban J connectivity index is 2.37. The Morgan fingerprint density at radius 2 is 1.83 bits per heavy atom. The molecule has 1 saturated heterocycles. The second-order valence-electron chi connectivity index (χ2n) is 6.05. The van der Waals surface area contributed by atoms with Crippen molar-refractivity contribution in [2.24, 2.45) is 11.8 Å². The third-order valence-electron chi connectivity index (χ3n) is 4.55. The van der Waals surface area contributed by atoms with Crippen LogP contribution in [0.4, 0.5) is 0 Å². The smallest absolute Gasteiger partial charge is 0.336 e. The molecule has 0 aromatic heterocycles. The quantitative estimate of drug-likeness (QED) is 0.814. The van der Waals surface area contributed by atoms with Crippen molar-refractivity contribution in [2.45, 2.75) is 38.0 Å². The molecule has 0 spiro atoms. The van der Waals surface area contributed by atoms with Gasteiger partial charge in [0.25, 0.3) is 0 Å². The van der Waals surface area contributed by atoms with E-state index < -0.39 is 16.0 Å². The number of nitrogens with zero attached hydrogens (tertiary/aromatic N) is 1. The van der Waals surface area contributed by atoms with E-state index in [0.29, 0.717) is 29.4 Å². The van der Waals surface area contributed by atoms with E-state index in [-0.39, 0.29) is 10.5 Å². The molecule has 0 saturated carbocycles. The van der Waals surface area contributed by atoms with Crippen molar-refractivity contribution in [1.29, 1.82) is 0 Å². The minimum atomic E-state index is -3.67. The summed E-state index contributed by atoms with van der Waals surface area (Å²) in [7, 11) is -3.67. The maximum absolute atomic E-state index is 12.9. The van der Waals surface area contributed by atoms with Crippen LogP contribution in [0.3, 0.4) is 0 Å². The normalized spacial score (nSPS) is 22.9. The molecule has 23 heavy (non-hydrogen) atoms. The molecule has 0 amide bonds. The second-order valence-corrected chi connectivity index (χ2v) is 8.85. The minimum absolute atomic E-state index is 0.0397. The summed E-state index contributed by atoms with van der Waals surface area (Å²) in [4.78, 5) is 11.3. The van der Waals surface area contributed by atoms with E-state index in [4.69, 9.17) is 0 Å². The van der Waals surface area contributed by atoms with Crippen LogP contribution >= 0.6 is 15.9 Å². The predicted octanol–water partition coefficient (Wildman–Crippen LogP) is 3.59. The van der Waals surface area contributed by atoms with Gasteiger partial charge in [-0.2, -0.15) is 4.31 Å². The molecule has 1 N–H and O–H groups in total. The van der Waals surface area contributed by atoms with Gasteiger partial charge >= 0.3 is 5.97 Å². The topological polar surface area (TPSA) is 74.7 Å². The first kappa shape index (κ1) is 18.4. The molecule has 1 aliphatic rings. The molecule has 7 heteroatoms. The summed E-state index contributed by atoms with van der Waals surface area (Å²) in [6.45, 7) is 5.17. The van der Waals surface area contributed by atoms with Crippen LogP contribution in [0.1, 0.15) is 43.5 Å². The Morgan fingerprint density at radius 3 is 2.30 bits per heavy atom. The molecular weight excluding hydrogens is 382 g/mol. The standard InChI is InChI=1S/C16H22BrNO4S/c1-3-11-7-12(4-2)10-18(9-11)23(21,22)13-5-6-15(17)14(8-13)16(19)20/h5-6,8,11-12H,3-4,7,9-10H2,1-2H3,(H,19,20). The van der Waals surface area contributed by atoms with E-state index in [9.17, 15) is 18.3 Å². The highest BCUT2D eigenvalue weighted by atomic mass is 79.9. The number of halogens is 1. The molecule has 1 aromatic rings. The number of carboxylic acid groups (broad SMARTS) is 1. The number of hydrogen-bond donors (Lipinski definition) is 1. The van der Waals surface area contributed by atoms with Gasteiger partial charge < -0.3 is 5.11 Å². The van der Waals surface area contributed by atoms with E-state index in [2.05, 4.69) is 29.8 Å². The zero-order valence-corrected chi connectivity index (χ0v) is 15.7. The lowest BCUT2D eigenvalue weighted by Crippen LogP contribution is -2.43. The predicted molar refractivity (Wildman–Crippen MR) is 92.0 cm³/mol. The van der Waals surface area contributed by atoms with Crippen LogP contribution in [0.2, 0.25) is 0 Å². The molecule has 2 unspecified atom stereocenters. The van der Waals surface area contributed by atoms with Gasteiger partial charge in [0.05, 0.1) is 10.5 Å². The van der Waals surface area contributed by atoms with Crippen molar-refractivity contribution in [3.63, 3.8) is 0 Å². The Labute approximate surface area is 145 Å². The van der Waals surface area contributed by atoms with Gasteiger partial charge in [0.1, 0.15) is 0 Å². The summed E-state index contributed by atoms with van der Waals surface area (Å²) in [5.41, 5.74) is -0.0397. The summed E-state index contributed by atoms with van der Waals surface area (Å²) < 4.78 is 27.7. The molecule has 1 aliphatic heterocycles. The number of sulfonamides is 1. The molecule has 0 bridgehead atoms. The molecule has 1 aromatic carbocycles. The first-order valence-corrected chi connectivity index (χ1v) is 10.1. The summed E-state index contributed by atoms with van der Waals surface area (Å²) >= 11 is 3.15.